The smallest absolute Gasteiger partial charge is 0.343 e. The Hall–Kier alpha value is -5.62. The van der Waals surface area contributed by atoms with Crippen molar-refractivity contribution in [1.29, 1.82) is 0 Å². The van der Waals surface area contributed by atoms with Crippen LogP contribution in [0, 0.1) is 0 Å². The second-order valence-corrected chi connectivity index (χ2v) is 10.2. The van der Waals surface area contributed by atoms with Gasteiger partial charge < -0.3 is 18.9 Å². The topological polar surface area (TPSA) is 71.1 Å². The van der Waals surface area contributed by atoms with Gasteiger partial charge in [-0.15, -0.1) is 0 Å². The lowest BCUT2D eigenvalue weighted by Crippen LogP contribution is -2.14. The van der Waals surface area contributed by atoms with Crippen LogP contribution in [-0.4, -0.2) is 39.4 Å². The highest BCUT2D eigenvalue weighted by molar-refractivity contribution is 6.11. The fourth-order valence-electron chi connectivity index (χ4n) is 5.39. The van der Waals surface area contributed by atoms with E-state index >= 15 is 0 Å². The maximum absolute atomic E-state index is 12.1. The Morgan fingerprint density at radius 1 is 0.477 bits per heavy atom. The van der Waals surface area contributed by atoms with Gasteiger partial charge in [0.2, 0.25) is 0 Å². The first-order chi connectivity index (χ1) is 21.6. The first kappa shape index (κ1) is 28.5. The number of ether oxygens (including phenoxy) is 4. The fraction of sp³-hybridized carbons (Fsp3) is 0.105. The van der Waals surface area contributed by atoms with Gasteiger partial charge in [0.25, 0.3) is 0 Å². The van der Waals surface area contributed by atoms with Crippen LogP contribution in [0.25, 0.3) is 54.9 Å². The number of carbonyl (C=O) groups is 2. The predicted octanol–water partition coefficient (Wildman–Crippen LogP) is 8.10. The number of hydrogen-bond acceptors (Lipinski definition) is 6. The van der Waals surface area contributed by atoms with Crippen LogP contribution in [0.4, 0.5) is 0 Å². The highest BCUT2D eigenvalue weighted by atomic mass is 16.6. The summed E-state index contributed by atoms with van der Waals surface area (Å²) in [5.41, 5.74) is 5.82. The van der Waals surface area contributed by atoms with Crippen LogP contribution in [-0.2, 0) is 19.1 Å². The number of rotatable bonds is 9. The minimum atomic E-state index is -0.497. The van der Waals surface area contributed by atoms with Crippen LogP contribution in [0.1, 0.15) is 0 Å². The highest BCUT2D eigenvalue weighted by Crippen LogP contribution is 2.46. The molecule has 6 rings (SSSR count). The molecule has 0 amide bonds. The van der Waals surface area contributed by atoms with Crippen molar-refractivity contribution >= 4 is 33.5 Å². The van der Waals surface area contributed by atoms with Gasteiger partial charge in [-0.2, -0.15) is 0 Å². The standard InChI is InChI=1S/C38H30O6/c1-41-35(39)23-43-33-19-15-29-21-27(25-9-5-3-6-10-25)13-17-31(29)37(33)38-32-18-14-28(26-11-7-4-8-12-26)22-30(32)16-20-34(38)44-24-36(40)42-2/h3-22H,23-24H2,1-2H3. The molecule has 0 aliphatic heterocycles. The number of fused-ring (bicyclic) bond motifs is 2. The van der Waals surface area contributed by atoms with E-state index in [1.54, 1.807) is 0 Å². The Bertz CT molecular complexity index is 1820. The molecule has 0 aromatic heterocycles. The van der Waals surface area contributed by atoms with Crippen LogP contribution in [0.3, 0.4) is 0 Å². The first-order valence-electron chi connectivity index (χ1n) is 14.2. The van der Waals surface area contributed by atoms with Crippen molar-refractivity contribution in [2.75, 3.05) is 27.4 Å². The van der Waals surface area contributed by atoms with Crippen LogP contribution >= 0.6 is 0 Å². The predicted molar refractivity (Wildman–Crippen MR) is 173 cm³/mol. The van der Waals surface area contributed by atoms with Crippen LogP contribution in [0.15, 0.2) is 121 Å². The lowest BCUT2D eigenvalue weighted by atomic mass is 9.90. The van der Waals surface area contributed by atoms with Gasteiger partial charge in [0, 0.05) is 11.1 Å². The zero-order chi connectivity index (χ0) is 30.5. The summed E-state index contributed by atoms with van der Waals surface area (Å²) >= 11 is 0. The van der Waals surface area contributed by atoms with E-state index in [1.807, 2.05) is 60.7 Å². The van der Waals surface area contributed by atoms with Crippen molar-refractivity contribution in [3.63, 3.8) is 0 Å². The van der Waals surface area contributed by atoms with Gasteiger partial charge >= 0.3 is 11.9 Å². The summed E-state index contributed by atoms with van der Waals surface area (Å²) in [5, 5.41) is 3.75. The van der Waals surface area contributed by atoms with Crippen molar-refractivity contribution in [2.45, 2.75) is 0 Å². The summed E-state index contributed by atoms with van der Waals surface area (Å²) in [4.78, 5) is 24.3. The normalized spacial score (nSPS) is 10.9. The summed E-state index contributed by atoms with van der Waals surface area (Å²) in [7, 11) is 2.65. The maximum Gasteiger partial charge on any atom is 0.343 e. The average molecular weight is 583 g/mol. The third-order valence-corrected chi connectivity index (χ3v) is 7.57. The number of methoxy groups -OCH3 is 2. The van der Waals surface area contributed by atoms with E-state index in [0.717, 1.165) is 54.9 Å². The molecule has 6 aromatic carbocycles. The Kier molecular flexibility index (Phi) is 8.23. The Labute approximate surface area is 255 Å². The molecule has 6 heteroatoms. The zero-order valence-electron chi connectivity index (χ0n) is 24.4. The summed E-state index contributed by atoms with van der Waals surface area (Å²) in [6.07, 6.45) is 0. The fourth-order valence-corrected chi connectivity index (χ4v) is 5.39. The van der Waals surface area contributed by atoms with Gasteiger partial charge in [-0.3, -0.25) is 0 Å². The molecular formula is C38H30O6. The largest absolute Gasteiger partial charge is 0.481 e. The molecule has 0 spiro atoms. The molecule has 6 nitrogen and oxygen atoms in total. The van der Waals surface area contributed by atoms with E-state index in [1.165, 1.54) is 14.2 Å². The van der Waals surface area contributed by atoms with E-state index in [-0.39, 0.29) is 13.2 Å². The molecule has 0 aliphatic carbocycles. The quantitative estimate of drug-likeness (QED) is 0.161. The molecule has 0 bridgehead atoms. The summed E-state index contributed by atoms with van der Waals surface area (Å²) in [6, 6.07) is 40.5. The molecule has 0 radical (unpaired) electrons. The second kappa shape index (κ2) is 12.7. The molecule has 218 valence electrons. The molecule has 0 atom stereocenters. The molecule has 0 aliphatic rings. The van der Waals surface area contributed by atoms with Gasteiger partial charge in [0.05, 0.1) is 14.2 Å². The van der Waals surface area contributed by atoms with Gasteiger partial charge in [0.1, 0.15) is 11.5 Å². The third kappa shape index (κ3) is 5.83. The molecule has 0 fully saturated rings. The van der Waals surface area contributed by atoms with E-state index in [0.29, 0.717) is 11.5 Å². The zero-order valence-corrected chi connectivity index (χ0v) is 24.4. The molecule has 0 N–H and O–H groups in total. The van der Waals surface area contributed by atoms with E-state index < -0.39 is 11.9 Å². The molecule has 0 heterocycles. The lowest BCUT2D eigenvalue weighted by molar-refractivity contribution is -0.143. The van der Waals surface area contributed by atoms with E-state index in [2.05, 4.69) is 60.7 Å². The van der Waals surface area contributed by atoms with Gasteiger partial charge in [-0.05, 0) is 68.1 Å². The summed E-state index contributed by atoms with van der Waals surface area (Å²) < 4.78 is 21.9. The van der Waals surface area contributed by atoms with Crippen molar-refractivity contribution < 1.29 is 28.5 Å². The van der Waals surface area contributed by atoms with Crippen molar-refractivity contribution in [3.05, 3.63) is 121 Å². The van der Waals surface area contributed by atoms with Crippen molar-refractivity contribution in [3.8, 4) is 44.9 Å². The van der Waals surface area contributed by atoms with Crippen molar-refractivity contribution in [1.82, 2.24) is 0 Å². The van der Waals surface area contributed by atoms with Crippen LogP contribution in [0.5, 0.6) is 11.5 Å². The lowest BCUT2D eigenvalue weighted by Gasteiger charge is -2.20. The van der Waals surface area contributed by atoms with Gasteiger partial charge in [-0.1, -0.05) is 97.1 Å². The minimum absolute atomic E-state index is 0.265. The molecule has 44 heavy (non-hydrogen) atoms. The van der Waals surface area contributed by atoms with Crippen molar-refractivity contribution in [2.24, 2.45) is 0 Å². The van der Waals surface area contributed by atoms with Gasteiger partial charge in [0.15, 0.2) is 13.2 Å². The molecule has 0 saturated carbocycles. The Morgan fingerprint density at radius 2 is 0.886 bits per heavy atom. The molecular weight excluding hydrogens is 552 g/mol. The molecule has 6 aromatic rings. The van der Waals surface area contributed by atoms with E-state index in [4.69, 9.17) is 18.9 Å². The minimum Gasteiger partial charge on any atom is -0.481 e. The number of hydrogen-bond donors (Lipinski definition) is 0. The monoisotopic (exact) mass is 582 g/mol. The van der Waals surface area contributed by atoms with E-state index in [9.17, 15) is 9.59 Å². The molecule has 0 saturated heterocycles. The second-order valence-electron chi connectivity index (χ2n) is 10.2. The summed E-state index contributed by atoms with van der Waals surface area (Å²) in [5.74, 6) is -0.0260. The number of carbonyl (C=O) groups excluding carboxylic acids is 2. The first-order valence-corrected chi connectivity index (χ1v) is 14.2. The average Bonchev–Trinajstić information content (AvgIpc) is 3.09. The molecule has 0 unspecified atom stereocenters. The van der Waals surface area contributed by atoms with Crippen LogP contribution < -0.4 is 9.47 Å². The number of benzene rings is 6. The third-order valence-electron chi connectivity index (χ3n) is 7.57. The summed E-state index contributed by atoms with van der Waals surface area (Å²) in [6.45, 7) is -0.531. The van der Waals surface area contributed by atoms with Gasteiger partial charge in [-0.25, -0.2) is 9.59 Å². The Morgan fingerprint density at radius 3 is 1.27 bits per heavy atom. The Balaban J connectivity index is 1.60. The SMILES string of the molecule is COC(=O)COc1ccc2cc(-c3ccccc3)ccc2c1-c1c(OCC(=O)OC)ccc2cc(-c3ccccc3)ccc12. The highest BCUT2D eigenvalue weighted by Gasteiger charge is 2.21. The van der Waals surface area contributed by atoms with Crippen LogP contribution in [0.2, 0.25) is 0 Å². The number of esters is 2. The maximum atomic E-state index is 12.1.